The SMILES string of the molecule is Cc1ccc(N2C(=O)C(C)C(C3C4CC(CC4COCC4CO4)C3C3C(=O)N(c4ccccc4C)C(=O)C3C3C(C)C4CC3C3C=CCC34)C2=O)c(C)c1. The van der Waals surface area contributed by atoms with Gasteiger partial charge in [-0.2, -0.15) is 0 Å². The normalized spacial score (nSPS) is 43.1. The molecule has 0 N–H and O–H groups in total. The summed E-state index contributed by atoms with van der Waals surface area (Å²) >= 11 is 0. The standard InChI is InChI=1S/C46H54N2O6/c1-22-13-14-36(24(3)15-22)47-43(49)26(5)38(44(47)50)40-33-17-27(16-28(33)19-53-20-29-21-54-29)39(40)42-41(37-25(4)32-18-34(37)31-11-8-10-30(31)32)45(51)48(46(42)52)35-12-7-6-9-23(35)2/h6-9,11-15,25-34,37-42H,10,16-21H2,1-5H3. The first-order chi connectivity index (χ1) is 26.0. The van der Waals surface area contributed by atoms with Crippen LogP contribution >= 0.6 is 0 Å². The Morgan fingerprint density at radius 1 is 0.704 bits per heavy atom. The molecule has 54 heavy (non-hydrogen) atoms. The van der Waals surface area contributed by atoms with Crippen molar-refractivity contribution in [1.82, 2.24) is 0 Å². The maximum absolute atomic E-state index is 15.4. The molecule has 7 fully saturated rings. The van der Waals surface area contributed by atoms with Crippen LogP contribution in [-0.2, 0) is 28.7 Å². The van der Waals surface area contributed by atoms with Crippen LogP contribution in [0.25, 0.3) is 0 Å². The monoisotopic (exact) mass is 730 g/mol. The van der Waals surface area contributed by atoms with Crippen molar-refractivity contribution in [2.45, 2.75) is 66.4 Å². The molecule has 8 nitrogen and oxygen atoms in total. The Hall–Kier alpha value is -3.62. The quantitative estimate of drug-likeness (QED) is 0.158. The second-order valence-electron chi connectivity index (χ2n) is 18.7. The van der Waals surface area contributed by atoms with Crippen molar-refractivity contribution in [2.75, 3.05) is 29.6 Å². The van der Waals surface area contributed by atoms with Crippen LogP contribution in [0.3, 0.4) is 0 Å². The number of anilines is 2. The number of hydrogen-bond donors (Lipinski definition) is 0. The molecule has 16 atom stereocenters. The number of aryl methyl sites for hydroxylation is 3. The number of nitrogens with zero attached hydrogens (tertiary/aromatic N) is 2. The summed E-state index contributed by atoms with van der Waals surface area (Å²) < 4.78 is 11.7. The van der Waals surface area contributed by atoms with E-state index in [0.717, 1.165) is 49.0 Å². The Balaban J connectivity index is 1.07. The minimum absolute atomic E-state index is 0.0492. The average Bonchev–Trinajstić information content (AvgIpc) is 3.65. The highest BCUT2D eigenvalue weighted by Gasteiger charge is 2.70. The van der Waals surface area contributed by atoms with Gasteiger partial charge >= 0.3 is 0 Å². The van der Waals surface area contributed by atoms with E-state index in [0.29, 0.717) is 54.2 Å². The van der Waals surface area contributed by atoms with Gasteiger partial charge in [0, 0.05) is 12.5 Å². The van der Waals surface area contributed by atoms with Gasteiger partial charge in [-0.05, 0) is 135 Å². The summed E-state index contributed by atoms with van der Waals surface area (Å²) in [5.41, 5.74) is 4.23. The van der Waals surface area contributed by atoms with Gasteiger partial charge in [0.2, 0.25) is 23.6 Å². The lowest BCUT2D eigenvalue weighted by atomic mass is 9.57. The third-order valence-corrected chi connectivity index (χ3v) is 16.2. The Bertz CT molecular complexity index is 1950. The third kappa shape index (κ3) is 5.00. The molecule has 4 bridgehead atoms. The number of ether oxygens (including phenoxy) is 2. The zero-order valence-electron chi connectivity index (χ0n) is 32.2. The van der Waals surface area contributed by atoms with E-state index in [1.54, 1.807) is 4.90 Å². The summed E-state index contributed by atoms with van der Waals surface area (Å²) in [5.74, 6) is 0.141. The van der Waals surface area contributed by atoms with Crippen LogP contribution in [0, 0.1) is 110 Å². The molecule has 2 aromatic carbocycles. The highest BCUT2D eigenvalue weighted by atomic mass is 16.6. The lowest BCUT2D eigenvalue weighted by Gasteiger charge is -2.45. The lowest BCUT2D eigenvalue weighted by Crippen LogP contribution is -2.48. The zero-order valence-corrected chi connectivity index (χ0v) is 32.2. The molecule has 4 amide bonds. The van der Waals surface area contributed by atoms with Crippen LogP contribution < -0.4 is 9.80 Å². The van der Waals surface area contributed by atoms with Crippen molar-refractivity contribution >= 4 is 35.0 Å². The van der Waals surface area contributed by atoms with Gasteiger partial charge in [0.25, 0.3) is 0 Å². The van der Waals surface area contributed by atoms with Crippen LogP contribution in [0.4, 0.5) is 11.4 Å². The van der Waals surface area contributed by atoms with Gasteiger partial charge < -0.3 is 9.47 Å². The maximum Gasteiger partial charge on any atom is 0.238 e. The molecule has 5 aliphatic carbocycles. The van der Waals surface area contributed by atoms with E-state index in [1.165, 1.54) is 4.90 Å². The number of hydrogen-bond acceptors (Lipinski definition) is 6. The highest BCUT2D eigenvalue weighted by molar-refractivity contribution is 6.23. The van der Waals surface area contributed by atoms with E-state index in [9.17, 15) is 9.59 Å². The molecule has 10 rings (SSSR count). The summed E-state index contributed by atoms with van der Waals surface area (Å²) in [4.78, 5) is 63.0. The van der Waals surface area contributed by atoms with Gasteiger partial charge in [0.05, 0.1) is 42.3 Å². The number of carbonyl (C=O) groups is 4. The van der Waals surface area contributed by atoms with Crippen molar-refractivity contribution < 1.29 is 28.7 Å². The molecule has 3 saturated heterocycles. The number of amides is 4. The van der Waals surface area contributed by atoms with Crippen LogP contribution in [0.1, 0.15) is 56.2 Å². The molecule has 0 spiro atoms. The first-order valence-corrected chi connectivity index (χ1v) is 20.8. The van der Waals surface area contributed by atoms with Crippen molar-refractivity contribution in [1.29, 1.82) is 0 Å². The summed E-state index contributed by atoms with van der Waals surface area (Å²) in [6, 6.07) is 13.7. The van der Waals surface area contributed by atoms with Gasteiger partial charge in [0.15, 0.2) is 0 Å². The largest absolute Gasteiger partial charge is 0.378 e. The molecule has 16 unspecified atom stereocenters. The zero-order chi connectivity index (χ0) is 37.3. The molecule has 2 aromatic rings. The molecule has 8 heteroatoms. The Morgan fingerprint density at radius 2 is 1.41 bits per heavy atom. The van der Waals surface area contributed by atoms with Crippen molar-refractivity contribution in [2.24, 2.45) is 88.8 Å². The molecule has 3 heterocycles. The predicted molar refractivity (Wildman–Crippen MR) is 204 cm³/mol. The fraction of sp³-hybridized carbons (Fsp3) is 0.609. The second-order valence-corrected chi connectivity index (χ2v) is 18.7. The molecule has 0 radical (unpaired) electrons. The summed E-state index contributed by atoms with van der Waals surface area (Å²) in [6.07, 6.45) is 8.98. The van der Waals surface area contributed by atoms with E-state index in [-0.39, 0.29) is 65.2 Å². The van der Waals surface area contributed by atoms with Crippen LogP contribution in [0.5, 0.6) is 0 Å². The number of imide groups is 2. The lowest BCUT2D eigenvalue weighted by molar-refractivity contribution is -0.133. The third-order valence-electron chi connectivity index (χ3n) is 16.2. The number of fused-ring (bicyclic) bond motifs is 7. The van der Waals surface area contributed by atoms with E-state index in [1.807, 2.05) is 70.2 Å². The van der Waals surface area contributed by atoms with Crippen LogP contribution in [-0.4, -0.2) is 49.6 Å². The van der Waals surface area contributed by atoms with E-state index < -0.39 is 23.7 Å². The first-order valence-electron chi connectivity index (χ1n) is 20.8. The van der Waals surface area contributed by atoms with Gasteiger partial charge in [-0.15, -0.1) is 0 Å². The van der Waals surface area contributed by atoms with E-state index in [2.05, 4.69) is 19.1 Å². The molecule has 4 saturated carbocycles. The second kappa shape index (κ2) is 12.7. The highest BCUT2D eigenvalue weighted by Crippen LogP contribution is 2.68. The van der Waals surface area contributed by atoms with Crippen molar-refractivity contribution in [3.63, 3.8) is 0 Å². The number of carbonyl (C=O) groups excluding carboxylic acids is 4. The Kier molecular flexibility index (Phi) is 8.20. The van der Waals surface area contributed by atoms with Crippen LogP contribution in [0.15, 0.2) is 54.6 Å². The number of benzene rings is 2. The van der Waals surface area contributed by atoms with E-state index >= 15 is 9.59 Å². The van der Waals surface area contributed by atoms with Crippen molar-refractivity contribution in [3.05, 3.63) is 71.3 Å². The number of epoxide rings is 1. The number of para-hydroxylation sites is 1. The van der Waals surface area contributed by atoms with Crippen molar-refractivity contribution in [3.8, 4) is 0 Å². The molecule has 3 aliphatic heterocycles. The smallest absolute Gasteiger partial charge is 0.238 e. The maximum atomic E-state index is 15.4. The minimum Gasteiger partial charge on any atom is -0.378 e. The Labute approximate surface area is 319 Å². The summed E-state index contributed by atoms with van der Waals surface area (Å²) in [5, 5.41) is 0. The van der Waals surface area contributed by atoms with Crippen LogP contribution in [0.2, 0.25) is 0 Å². The minimum atomic E-state index is -0.566. The molecule has 0 aromatic heterocycles. The van der Waals surface area contributed by atoms with E-state index in [4.69, 9.17) is 9.47 Å². The molecule has 8 aliphatic rings. The van der Waals surface area contributed by atoms with Gasteiger partial charge in [-0.25, -0.2) is 9.80 Å². The fourth-order valence-corrected chi connectivity index (χ4v) is 14.1. The van der Waals surface area contributed by atoms with Gasteiger partial charge in [0.1, 0.15) is 6.10 Å². The fourth-order valence-electron chi connectivity index (χ4n) is 14.1. The molecule has 284 valence electrons. The number of allylic oxidation sites excluding steroid dienone is 2. The van der Waals surface area contributed by atoms with Gasteiger partial charge in [-0.3, -0.25) is 19.2 Å². The number of rotatable bonds is 9. The first kappa shape index (κ1) is 34.8. The summed E-state index contributed by atoms with van der Waals surface area (Å²) in [6.45, 7) is 12.1. The molecular weight excluding hydrogens is 677 g/mol. The topological polar surface area (TPSA) is 96.5 Å². The Morgan fingerprint density at radius 3 is 2.15 bits per heavy atom. The summed E-state index contributed by atoms with van der Waals surface area (Å²) in [7, 11) is 0. The average molecular weight is 731 g/mol. The predicted octanol–water partition coefficient (Wildman–Crippen LogP) is 6.94. The van der Waals surface area contributed by atoms with Gasteiger partial charge in [-0.1, -0.05) is 61.9 Å². The molecular formula is C46H54N2O6.